The Morgan fingerprint density at radius 3 is 2.69 bits per heavy atom. The van der Waals surface area contributed by atoms with E-state index in [1.807, 2.05) is 0 Å². The summed E-state index contributed by atoms with van der Waals surface area (Å²) in [5, 5.41) is 11.9. The monoisotopic (exact) mass is 228 g/mol. The van der Waals surface area contributed by atoms with Crippen molar-refractivity contribution in [3.63, 3.8) is 0 Å². The standard InChI is InChI=1S/C12H24N2O2/c1-11(12(15)16)10-13-6-5-9-14-7-3-2-4-8-14/h11,13H,2-10H2,1H3,(H,15,16). The number of nitrogens with zero attached hydrogens (tertiary/aromatic N) is 1. The lowest BCUT2D eigenvalue weighted by molar-refractivity contribution is -0.140. The minimum Gasteiger partial charge on any atom is -0.481 e. The molecule has 1 fully saturated rings. The van der Waals surface area contributed by atoms with Crippen LogP contribution in [0.5, 0.6) is 0 Å². The summed E-state index contributed by atoms with van der Waals surface area (Å²) < 4.78 is 0. The van der Waals surface area contributed by atoms with Gasteiger partial charge in [0.05, 0.1) is 5.92 Å². The summed E-state index contributed by atoms with van der Waals surface area (Å²) in [4.78, 5) is 13.1. The van der Waals surface area contributed by atoms with E-state index in [-0.39, 0.29) is 5.92 Å². The quantitative estimate of drug-likeness (QED) is 0.642. The first-order chi connectivity index (χ1) is 7.70. The van der Waals surface area contributed by atoms with Crippen molar-refractivity contribution >= 4 is 5.97 Å². The van der Waals surface area contributed by atoms with Crippen molar-refractivity contribution in [1.82, 2.24) is 10.2 Å². The van der Waals surface area contributed by atoms with Crippen molar-refractivity contribution < 1.29 is 9.90 Å². The van der Waals surface area contributed by atoms with Crippen LogP contribution in [0.4, 0.5) is 0 Å². The van der Waals surface area contributed by atoms with Crippen LogP contribution in [-0.2, 0) is 4.79 Å². The molecule has 2 N–H and O–H groups in total. The predicted molar refractivity (Wildman–Crippen MR) is 64.6 cm³/mol. The van der Waals surface area contributed by atoms with Crippen LogP contribution < -0.4 is 5.32 Å². The smallest absolute Gasteiger partial charge is 0.307 e. The zero-order valence-corrected chi connectivity index (χ0v) is 10.2. The number of nitrogens with one attached hydrogen (secondary N) is 1. The Bertz CT molecular complexity index is 203. The number of aliphatic carboxylic acids is 1. The van der Waals surface area contributed by atoms with E-state index in [4.69, 9.17) is 5.11 Å². The highest BCUT2D eigenvalue weighted by Gasteiger charge is 2.10. The Labute approximate surface area is 98.0 Å². The molecule has 1 unspecified atom stereocenters. The minimum atomic E-state index is -0.719. The SMILES string of the molecule is CC(CNCCCN1CCCCC1)C(=O)O. The maximum Gasteiger partial charge on any atom is 0.307 e. The average Bonchev–Trinajstić information content (AvgIpc) is 2.29. The highest BCUT2D eigenvalue weighted by Crippen LogP contribution is 2.08. The molecule has 1 heterocycles. The van der Waals surface area contributed by atoms with Crippen LogP contribution in [0.3, 0.4) is 0 Å². The number of carboxylic acids is 1. The summed E-state index contributed by atoms with van der Waals surface area (Å²) in [5.41, 5.74) is 0. The van der Waals surface area contributed by atoms with Gasteiger partial charge in [-0.3, -0.25) is 4.79 Å². The van der Waals surface area contributed by atoms with E-state index in [9.17, 15) is 4.79 Å². The number of likely N-dealkylation sites (tertiary alicyclic amines) is 1. The van der Waals surface area contributed by atoms with Gasteiger partial charge < -0.3 is 15.3 Å². The van der Waals surface area contributed by atoms with Gasteiger partial charge in [0.15, 0.2) is 0 Å². The van der Waals surface area contributed by atoms with Crippen LogP contribution in [-0.4, -0.2) is 48.7 Å². The highest BCUT2D eigenvalue weighted by atomic mass is 16.4. The van der Waals surface area contributed by atoms with Crippen LogP contribution in [0.15, 0.2) is 0 Å². The van der Waals surface area contributed by atoms with E-state index >= 15 is 0 Å². The summed E-state index contributed by atoms with van der Waals surface area (Å²) >= 11 is 0. The van der Waals surface area contributed by atoms with Gasteiger partial charge in [-0.15, -0.1) is 0 Å². The molecule has 0 bridgehead atoms. The summed E-state index contributed by atoms with van der Waals surface area (Å²) in [6.45, 7) is 6.87. The minimum absolute atomic E-state index is 0.282. The second kappa shape index (κ2) is 7.63. The molecule has 4 heteroatoms. The van der Waals surface area contributed by atoms with Crippen molar-refractivity contribution in [3.05, 3.63) is 0 Å². The molecule has 1 aliphatic rings. The van der Waals surface area contributed by atoms with Crippen LogP contribution in [0, 0.1) is 5.92 Å². The third kappa shape index (κ3) is 5.47. The van der Waals surface area contributed by atoms with Crippen molar-refractivity contribution in [2.24, 2.45) is 5.92 Å². The maximum absolute atomic E-state index is 10.6. The first-order valence-electron chi connectivity index (χ1n) is 6.36. The fourth-order valence-corrected chi connectivity index (χ4v) is 2.02. The number of carbonyl (C=O) groups is 1. The third-order valence-electron chi connectivity index (χ3n) is 3.15. The Kier molecular flexibility index (Phi) is 6.42. The Morgan fingerprint density at radius 2 is 2.06 bits per heavy atom. The Balaban J connectivity index is 1.93. The molecule has 1 atom stereocenters. The van der Waals surface area contributed by atoms with E-state index in [0.29, 0.717) is 6.54 Å². The molecule has 0 aromatic carbocycles. The van der Waals surface area contributed by atoms with Gasteiger partial charge >= 0.3 is 5.97 Å². The third-order valence-corrected chi connectivity index (χ3v) is 3.15. The molecule has 0 aromatic rings. The number of hydrogen-bond donors (Lipinski definition) is 2. The molecule has 0 aliphatic carbocycles. The van der Waals surface area contributed by atoms with Gasteiger partial charge in [0.1, 0.15) is 0 Å². The normalized spacial score (nSPS) is 19.6. The highest BCUT2D eigenvalue weighted by molar-refractivity contribution is 5.69. The van der Waals surface area contributed by atoms with E-state index in [0.717, 1.165) is 19.5 Å². The fourth-order valence-electron chi connectivity index (χ4n) is 2.02. The van der Waals surface area contributed by atoms with Crippen LogP contribution >= 0.6 is 0 Å². The van der Waals surface area contributed by atoms with Gasteiger partial charge in [0.2, 0.25) is 0 Å². The van der Waals surface area contributed by atoms with Crippen molar-refractivity contribution in [1.29, 1.82) is 0 Å². The van der Waals surface area contributed by atoms with Crippen LogP contribution in [0.25, 0.3) is 0 Å². The maximum atomic E-state index is 10.6. The molecule has 1 aliphatic heterocycles. The first kappa shape index (κ1) is 13.5. The molecule has 4 nitrogen and oxygen atoms in total. The zero-order chi connectivity index (χ0) is 11.8. The van der Waals surface area contributed by atoms with E-state index < -0.39 is 5.97 Å². The molecule has 0 spiro atoms. The van der Waals surface area contributed by atoms with Crippen molar-refractivity contribution in [3.8, 4) is 0 Å². The molecule has 0 aromatic heterocycles. The van der Waals surface area contributed by atoms with E-state index in [2.05, 4.69) is 10.2 Å². The first-order valence-corrected chi connectivity index (χ1v) is 6.36. The molecular formula is C12H24N2O2. The van der Waals surface area contributed by atoms with Crippen molar-refractivity contribution in [2.75, 3.05) is 32.7 Å². The average molecular weight is 228 g/mol. The number of carboxylic acid groups (broad SMARTS) is 1. The van der Waals surface area contributed by atoms with Gasteiger partial charge in [-0.05, 0) is 45.4 Å². The van der Waals surface area contributed by atoms with E-state index in [1.54, 1.807) is 6.92 Å². The van der Waals surface area contributed by atoms with Crippen LogP contribution in [0.1, 0.15) is 32.6 Å². The molecule has 1 rings (SSSR count). The summed E-state index contributed by atoms with van der Waals surface area (Å²) in [6.07, 6.45) is 5.17. The van der Waals surface area contributed by atoms with Gasteiger partial charge in [0, 0.05) is 6.54 Å². The molecule has 0 amide bonds. The second-order valence-corrected chi connectivity index (χ2v) is 4.70. The van der Waals surface area contributed by atoms with Crippen LogP contribution in [0.2, 0.25) is 0 Å². The zero-order valence-electron chi connectivity index (χ0n) is 10.2. The summed E-state index contributed by atoms with van der Waals surface area (Å²) in [7, 11) is 0. The Hall–Kier alpha value is -0.610. The van der Waals surface area contributed by atoms with E-state index in [1.165, 1.54) is 32.4 Å². The summed E-state index contributed by atoms with van der Waals surface area (Å²) in [6, 6.07) is 0. The lowest BCUT2D eigenvalue weighted by Gasteiger charge is -2.26. The topological polar surface area (TPSA) is 52.6 Å². The number of hydrogen-bond acceptors (Lipinski definition) is 3. The van der Waals surface area contributed by atoms with Gasteiger partial charge in [-0.25, -0.2) is 0 Å². The molecule has 16 heavy (non-hydrogen) atoms. The van der Waals surface area contributed by atoms with Gasteiger partial charge in [-0.2, -0.15) is 0 Å². The van der Waals surface area contributed by atoms with Gasteiger partial charge in [-0.1, -0.05) is 13.3 Å². The largest absolute Gasteiger partial charge is 0.481 e. The molecule has 1 saturated heterocycles. The predicted octanol–water partition coefficient (Wildman–Crippen LogP) is 1.17. The van der Waals surface area contributed by atoms with Gasteiger partial charge in [0.25, 0.3) is 0 Å². The number of piperidine rings is 1. The fraction of sp³-hybridized carbons (Fsp3) is 0.917. The molecule has 94 valence electrons. The molecule has 0 radical (unpaired) electrons. The van der Waals surface area contributed by atoms with Crippen molar-refractivity contribution in [2.45, 2.75) is 32.6 Å². The summed E-state index contributed by atoms with van der Waals surface area (Å²) in [5.74, 6) is -1.00. The second-order valence-electron chi connectivity index (χ2n) is 4.70. The lowest BCUT2D eigenvalue weighted by Crippen LogP contribution is -2.33. The molecule has 0 saturated carbocycles. The lowest BCUT2D eigenvalue weighted by atomic mass is 10.1. The molecular weight excluding hydrogens is 204 g/mol. The Morgan fingerprint density at radius 1 is 1.38 bits per heavy atom. The number of rotatable bonds is 7.